The molecule has 5 rings (SSSR count). The van der Waals surface area contributed by atoms with Gasteiger partial charge in [0.05, 0.1) is 22.5 Å². The fourth-order valence-corrected chi connectivity index (χ4v) is 6.03. The van der Waals surface area contributed by atoms with Crippen molar-refractivity contribution in [2.24, 2.45) is 0 Å². The van der Waals surface area contributed by atoms with Crippen LogP contribution < -0.4 is 11.1 Å². The van der Waals surface area contributed by atoms with Crippen molar-refractivity contribution in [3.63, 3.8) is 0 Å². The molecule has 270 valence electrons. The molecule has 1 saturated heterocycles. The van der Waals surface area contributed by atoms with Gasteiger partial charge in [0.2, 0.25) is 11.8 Å². The number of allylic oxidation sites excluding steroid dienone is 1. The van der Waals surface area contributed by atoms with Crippen LogP contribution in [0.1, 0.15) is 75.1 Å². The molecule has 51 heavy (non-hydrogen) atoms. The number of nitrogen functional groups attached to an aromatic ring is 1. The SMILES string of the molecule is Nc1cc(F)ccc1NC(=O)CCCCC(=O)N1CCN(C(=O)c2ccc3c(c2)CC/C(=C\c2cc(C(F)(F)F)cc(C(F)(F)F)c2)C3=O)CC1. The number of amides is 3. The number of hydrogen-bond acceptors (Lipinski definition) is 5. The molecule has 2 aliphatic rings. The number of ketones is 1. The fourth-order valence-electron chi connectivity index (χ4n) is 6.03. The number of aryl methyl sites for hydroxylation is 1. The average Bonchev–Trinajstić information content (AvgIpc) is 3.08. The Bertz CT molecular complexity index is 1850. The van der Waals surface area contributed by atoms with Crippen molar-refractivity contribution in [3.05, 3.63) is 99.4 Å². The summed E-state index contributed by atoms with van der Waals surface area (Å²) in [5.74, 6) is -1.80. The average molecular weight is 719 g/mol. The van der Waals surface area contributed by atoms with Crippen molar-refractivity contribution in [1.29, 1.82) is 0 Å². The van der Waals surface area contributed by atoms with Crippen molar-refractivity contribution < 1.29 is 49.9 Å². The summed E-state index contributed by atoms with van der Waals surface area (Å²) in [6.45, 7) is 1.15. The first-order valence-corrected chi connectivity index (χ1v) is 16.1. The van der Waals surface area contributed by atoms with E-state index in [1.54, 1.807) is 15.9 Å². The predicted molar refractivity (Wildman–Crippen MR) is 174 cm³/mol. The monoisotopic (exact) mass is 718 g/mol. The van der Waals surface area contributed by atoms with Gasteiger partial charge in [0.25, 0.3) is 5.91 Å². The molecule has 0 aromatic heterocycles. The number of benzene rings is 3. The number of carbonyl (C=O) groups is 4. The highest BCUT2D eigenvalue weighted by molar-refractivity contribution is 6.13. The summed E-state index contributed by atoms with van der Waals surface area (Å²) < 4.78 is 93.0. The van der Waals surface area contributed by atoms with Crippen molar-refractivity contribution in [3.8, 4) is 0 Å². The molecular formula is C36H33F7N4O4. The van der Waals surface area contributed by atoms with Crippen molar-refractivity contribution in [2.45, 2.75) is 50.9 Å². The van der Waals surface area contributed by atoms with Gasteiger partial charge in [-0.15, -0.1) is 0 Å². The van der Waals surface area contributed by atoms with Crippen molar-refractivity contribution in [2.75, 3.05) is 37.2 Å². The maximum absolute atomic E-state index is 13.3. The van der Waals surface area contributed by atoms with Crippen LogP contribution >= 0.6 is 0 Å². The van der Waals surface area contributed by atoms with E-state index in [0.717, 1.165) is 12.1 Å². The van der Waals surface area contributed by atoms with Crippen LogP contribution in [0, 0.1) is 5.82 Å². The number of hydrogen-bond donors (Lipinski definition) is 2. The molecule has 0 unspecified atom stereocenters. The van der Waals surface area contributed by atoms with Crippen LogP contribution in [-0.2, 0) is 28.4 Å². The topological polar surface area (TPSA) is 113 Å². The molecule has 3 N–H and O–H groups in total. The van der Waals surface area contributed by atoms with Crippen LogP contribution in [0.5, 0.6) is 0 Å². The largest absolute Gasteiger partial charge is 0.416 e. The number of nitrogens with two attached hydrogens (primary N) is 1. The molecule has 3 aromatic carbocycles. The Hall–Kier alpha value is -5.21. The van der Waals surface area contributed by atoms with Crippen LogP contribution in [0.4, 0.5) is 42.1 Å². The number of carbonyl (C=O) groups excluding carboxylic acids is 4. The first kappa shape index (κ1) is 37.1. The van der Waals surface area contributed by atoms with Gasteiger partial charge >= 0.3 is 12.4 Å². The van der Waals surface area contributed by atoms with E-state index in [2.05, 4.69) is 5.32 Å². The third-order valence-corrected chi connectivity index (χ3v) is 8.75. The van der Waals surface area contributed by atoms with Gasteiger partial charge in [-0.2, -0.15) is 26.3 Å². The number of anilines is 2. The standard InChI is InChI=1S/C36H33F7N4O4/c37-27-8-10-30(29(44)20-27)45-31(48)3-1-2-4-32(49)46-11-13-47(14-12-46)34(51)24-7-9-28-22(18-24)5-6-23(33(28)50)15-21-16-25(35(38,39)40)19-26(17-21)36(41,42)43/h7-10,15-20H,1-6,11-14,44H2,(H,45,48)/b23-15+. The molecule has 3 amide bonds. The fraction of sp³-hybridized carbons (Fsp3) is 0.333. The number of alkyl halides is 6. The first-order valence-electron chi connectivity index (χ1n) is 16.1. The molecule has 0 saturated carbocycles. The van der Waals surface area contributed by atoms with E-state index in [-0.39, 0.29) is 79.4 Å². The zero-order valence-electron chi connectivity index (χ0n) is 27.1. The number of piperazine rings is 1. The minimum atomic E-state index is -5.02. The molecule has 0 bridgehead atoms. The minimum Gasteiger partial charge on any atom is -0.397 e. The van der Waals surface area contributed by atoms with Gasteiger partial charge in [-0.05, 0) is 97.5 Å². The summed E-state index contributed by atoms with van der Waals surface area (Å²) >= 11 is 0. The zero-order valence-corrected chi connectivity index (χ0v) is 27.1. The number of rotatable bonds is 8. The molecule has 15 heteroatoms. The predicted octanol–water partition coefficient (Wildman–Crippen LogP) is 7.14. The molecule has 0 radical (unpaired) electrons. The highest BCUT2D eigenvalue weighted by Gasteiger charge is 2.37. The van der Waals surface area contributed by atoms with Gasteiger partial charge in [-0.25, -0.2) is 4.39 Å². The van der Waals surface area contributed by atoms with Gasteiger partial charge in [0.1, 0.15) is 5.82 Å². The van der Waals surface area contributed by atoms with Crippen LogP contribution in [-0.4, -0.2) is 59.5 Å². The maximum Gasteiger partial charge on any atom is 0.416 e. The summed E-state index contributed by atoms with van der Waals surface area (Å²) in [5.41, 5.74) is 3.86. The van der Waals surface area contributed by atoms with E-state index < -0.39 is 40.6 Å². The molecule has 1 aliphatic heterocycles. The van der Waals surface area contributed by atoms with Crippen LogP contribution in [0.15, 0.2) is 60.2 Å². The maximum atomic E-state index is 13.3. The van der Waals surface area contributed by atoms with Crippen LogP contribution in [0.2, 0.25) is 0 Å². The summed E-state index contributed by atoms with van der Waals surface area (Å²) in [4.78, 5) is 54.7. The second-order valence-electron chi connectivity index (χ2n) is 12.4. The third-order valence-electron chi connectivity index (χ3n) is 8.75. The number of nitrogens with one attached hydrogen (secondary N) is 1. The second kappa shape index (κ2) is 15.0. The zero-order chi connectivity index (χ0) is 37.1. The van der Waals surface area contributed by atoms with Crippen molar-refractivity contribution >= 4 is 41.0 Å². The first-order chi connectivity index (χ1) is 24.0. The summed E-state index contributed by atoms with van der Waals surface area (Å²) in [7, 11) is 0. The normalized spacial score (nSPS) is 15.9. The number of unbranched alkanes of at least 4 members (excludes halogenated alkanes) is 1. The molecule has 3 aromatic rings. The summed E-state index contributed by atoms with van der Waals surface area (Å²) in [5, 5.41) is 2.61. The van der Waals surface area contributed by atoms with Gasteiger partial charge in [0, 0.05) is 55.7 Å². The molecule has 1 heterocycles. The van der Waals surface area contributed by atoms with E-state index in [9.17, 15) is 49.9 Å². The van der Waals surface area contributed by atoms with E-state index in [4.69, 9.17) is 5.73 Å². The Labute approximate surface area is 288 Å². The molecular weight excluding hydrogens is 685 g/mol. The quantitative estimate of drug-likeness (QED) is 0.111. The van der Waals surface area contributed by atoms with Crippen LogP contribution in [0.25, 0.3) is 6.08 Å². The van der Waals surface area contributed by atoms with Gasteiger partial charge < -0.3 is 20.9 Å². The number of fused-ring (bicyclic) bond motifs is 1. The summed E-state index contributed by atoms with van der Waals surface area (Å²) in [6.07, 6.45) is -7.44. The van der Waals surface area contributed by atoms with Crippen LogP contribution in [0.3, 0.4) is 0 Å². The smallest absolute Gasteiger partial charge is 0.397 e. The lowest BCUT2D eigenvalue weighted by Crippen LogP contribution is -2.50. The van der Waals surface area contributed by atoms with E-state index in [1.807, 2.05) is 0 Å². The Morgan fingerprint density at radius 2 is 1.41 bits per heavy atom. The lowest BCUT2D eigenvalue weighted by molar-refractivity contribution is -0.143. The Morgan fingerprint density at radius 3 is 2.04 bits per heavy atom. The number of halogens is 7. The van der Waals surface area contributed by atoms with Gasteiger partial charge in [-0.3, -0.25) is 19.2 Å². The van der Waals surface area contributed by atoms with Gasteiger partial charge in [-0.1, -0.05) is 0 Å². The highest BCUT2D eigenvalue weighted by atomic mass is 19.4. The Morgan fingerprint density at radius 1 is 0.784 bits per heavy atom. The third kappa shape index (κ3) is 9.13. The molecule has 0 spiro atoms. The lowest BCUT2D eigenvalue weighted by atomic mass is 9.84. The minimum absolute atomic E-state index is 0.0268. The number of Topliss-reactive ketones (excluding diaryl/α,β-unsaturated/α-hetero) is 1. The van der Waals surface area contributed by atoms with Crippen molar-refractivity contribution in [1.82, 2.24) is 9.80 Å². The highest BCUT2D eigenvalue weighted by Crippen LogP contribution is 2.37. The van der Waals surface area contributed by atoms with E-state index in [1.165, 1.54) is 24.3 Å². The van der Waals surface area contributed by atoms with Gasteiger partial charge in [0.15, 0.2) is 5.78 Å². The van der Waals surface area contributed by atoms with E-state index in [0.29, 0.717) is 54.9 Å². The Kier molecular flexibility index (Phi) is 10.9. The molecule has 8 nitrogen and oxygen atoms in total. The molecule has 0 atom stereocenters. The van der Waals surface area contributed by atoms with E-state index >= 15 is 0 Å². The second-order valence-corrected chi connectivity index (χ2v) is 12.4. The summed E-state index contributed by atoms with van der Waals surface area (Å²) in [6, 6.07) is 9.26. The molecule has 1 fully saturated rings. The molecule has 1 aliphatic carbocycles. The Balaban J connectivity index is 1.13. The number of nitrogens with zero attached hydrogens (tertiary/aromatic N) is 2. The lowest BCUT2D eigenvalue weighted by Gasteiger charge is -2.35.